The van der Waals surface area contributed by atoms with Crippen molar-refractivity contribution in [2.24, 2.45) is 0 Å². The van der Waals surface area contributed by atoms with E-state index >= 15 is 0 Å². The van der Waals surface area contributed by atoms with Crippen LogP contribution in [0, 0.1) is 0 Å². The van der Waals surface area contributed by atoms with Gasteiger partial charge in [-0.1, -0.05) is 25.7 Å². The minimum Gasteiger partial charge on any atom is -0.481 e. The van der Waals surface area contributed by atoms with Gasteiger partial charge in [-0.25, -0.2) is 0 Å². The maximum atomic E-state index is 10.1. The molecular formula is C12H26O6. The number of aliphatic hydroxyl groups excluding tert-OH is 2. The monoisotopic (exact) mass is 266 g/mol. The standard InChI is InChI=1S/C10H18O4.2CH4O/c11-9(12)7-5-3-1-2-4-6-8-10(13)14;2*1-2/h1-8H2,(H,11,12)(H,13,14);2*2H,1H3. The zero-order valence-corrected chi connectivity index (χ0v) is 11.3. The van der Waals surface area contributed by atoms with E-state index in [2.05, 4.69) is 0 Å². The van der Waals surface area contributed by atoms with E-state index in [1.54, 1.807) is 0 Å². The molecule has 6 nitrogen and oxygen atoms in total. The fourth-order valence-corrected chi connectivity index (χ4v) is 1.26. The van der Waals surface area contributed by atoms with Crippen LogP contribution < -0.4 is 0 Å². The number of rotatable bonds is 9. The Hall–Kier alpha value is -1.14. The van der Waals surface area contributed by atoms with Gasteiger partial charge in [0, 0.05) is 27.1 Å². The van der Waals surface area contributed by atoms with Gasteiger partial charge in [0.25, 0.3) is 0 Å². The normalized spacial score (nSPS) is 8.44. The third kappa shape index (κ3) is 29.4. The minimum atomic E-state index is -0.740. The molecular weight excluding hydrogens is 240 g/mol. The highest BCUT2D eigenvalue weighted by atomic mass is 16.4. The molecule has 0 heterocycles. The van der Waals surface area contributed by atoms with E-state index < -0.39 is 11.9 Å². The number of hydrogen-bond acceptors (Lipinski definition) is 4. The summed E-state index contributed by atoms with van der Waals surface area (Å²) in [5.74, 6) is -1.48. The van der Waals surface area contributed by atoms with Crippen LogP contribution in [0.4, 0.5) is 0 Å². The van der Waals surface area contributed by atoms with Crippen molar-refractivity contribution in [1.29, 1.82) is 0 Å². The predicted molar refractivity (Wildman–Crippen MR) is 68.5 cm³/mol. The molecule has 18 heavy (non-hydrogen) atoms. The molecule has 0 unspecified atom stereocenters. The van der Waals surface area contributed by atoms with Gasteiger partial charge in [-0.3, -0.25) is 9.59 Å². The lowest BCUT2D eigenvalue weighted by Gasteiger charge is -1.98. The van der Waals surface area contributed by atoms with Crippen molar-refractivity contribution >= 4 is 11.9 Å². The quantitative estimate of drug-likeness (QED) is 0.470. The first kappa shape index (κ1) is 22.1. The molecule has 0 saturated carbocycles. The number of unbranched alkanes of at least 4 members (excludes halogenated alkanes) is 5. The Kier molecular flexibility index (Phi) is 26.0. The Morgan fingerprint density at radius 2 is 0.833 bits per heavy atom. The van der Waals surface area contributed by atoms with E-state index in [1.807, 2.05) is 0 Å². The molecule has 0 saturated heterocycles. The maximum Gasteiger partial charge on any atom is 0.303 e. The molecule has 0 aromatic heterocycles. The van der Waals surface area contributed by atoms with Crippen molar-refractivity contribution in [3.63, 3.8) is 0 Å². The second-order valence-corrected chi connectivity index (χ2v) is 3.41. The third-order valence-electron chi connectivity index (χ3n) is 2.03. The molecule has 0 aliphatic carbocycles. The summed E-state index contributed by atoms with van der Waals surface area (Å²) in [5, 5.41) is 30.7. The van der Waals surface area contributed by atoms with Crippen molar-refractivity contribution in [3.8, 4) is 0 Å². The van der Waals surface area contributed by atoms with Crippen LogP contribution in [0.1, 0.15) is 51.4 Å². The molecule has 0 aliphatic heterocycles. The zero-order chi connectivity index (χ0) is 14.8. The summed E-state index contributed by atoms with van der Waals surface area (Å²) >= 11 is 0. The fourth-order valence-electron chi connectivity index (χ4n) is 1.26. The summed E-state index contributed by atoms with van der Waals surface area (Å²) in [4.78, 5) is 20.3. The molecule has 0 rings (SSSR count). The highest BCUT2D eigenvalue weighted by Gasteiger charge is 1.98. The molecule has 4 N–H and O–H groups in total. The van der Waals surface area contributed by atoms with Crippen LogP contribution in [0.2, 0.25) is 0 Å². The van der Waals surface area contributed by atoms with Gasteiger partial charge < -0.3 is 20.4 Å². The fraction of sp³-hybridized carbons (Fsp3) is 0.833. The summed E-state index contributed by atoms with van der Waals surface area (Å²) < 4.78 is 0. The number of hydrogen-bond donors (Lipinski definition) is 4. The Bertz CT molecular complexity index is 161. The van der Waals surface area contributed by atoms with Crippen molar-refractivity contribution in [2.45, 2.75) is 51.4 Å². The number of aliphatic carboxylic acids is 2. The molecule has 0 bridgehead atoms. The van der Waals surface area contributed by atoms with E-state index in [-0.39, 0.29) is 12.8 Å². The number of carboxylic acid groups (broad SMARTS) is 2. The van der Waals surface area contributed by atoms with Gasteiger partial charge in [0.15, 0.2) is 0 Å². The van der Waals surface area contributed by atoms with Crippen LogP contribution in [0.3, 0.4) is 0 Å². The smallest absolute Gasteiger partial charge is 0.303 e. The first-order chi connectivity index (χ1) is 8.63. The average molecular weight is 266 g/mol. The molecule has 0 aliphatic rings. The summed E-state index contributed by atoms with van der Waals surface area (Å²) in [6, 6.07) is 0. The van der Waals surface area contributed by atoms with Gasteiger partial charge in [-0.05, 0) is 12.8 Å². The van der Waals surface area contributed by atoms with Crippen LogP contribution in [0.15, 0.2) is 0 Å². The SMILES string of the molecule is CO.CO.O=C(O)CCCCCCCCC(=O)O. The number of aliphatic hydroxyl groups is 2. The lowest BCUT2D eigenvalue weighted by atomic mass is 10.1. The van der Waals surface area contributed by atoms with E-state index in [1.165, 1.54) is 0 Å². The van der Waals surface area contributed by atoms with Crippen LogP contribution in [0.25, 0.3) is 0 Å². The third-order valence-corrected chi connectivity index (χ3v) is 2.03. The average Bonchev–Trinajstić information content (AvgIpc) is 2.37. The number of carbonyl (C=O) groups is 2. The lowest BCUT2D eigenvalue weighted by Crippen LogP contribution is -1.94. The molecule has 0 amide bonds. The predicted octanol–water partition coefficient (Wildman–Crippen LogP) is 1.49. The largest absolute Gasteiger partial charge is 0.481 e. The van der Waals surface area contributed by atoms with E-state index in [9.17, 15) is 9.59 Å². The Labute approximate surface area is 108 Å². The minimum absolute atomic E-state index is 0.245. The maximum absolute atomic E-state index is 10.1. The summed E-state index contributed by atoms with van der Waals surface area (Å²) in [7, 11) is 2.00. The van der Waals surface area contributed by atoms with Crippen molar-refractivity contribution < 1.29 is 30.0 Å². The van der Waals surface area contributed by atoms with Crippen molar-refractivity contribution in [2.75, 3.05) is 14.2 Å². The second kappa shape index (κ2) is 21.2. The van der Waals surface area contributed by atoms with Crippen molar-refractivity contribution in [1.82, 2.24) is 0 Å². The topological polar surface area (TPSA) is 115 Å². The molecule has 0 atom stereocenters. The van der Waals surface area contributed by atoms with Crippen LogP contribution in [0.5, 0.6) is 0 Å². The van der Waals surface area contributed by atoms with Gasteiger partial charge in [-0.15, -0.1) is 0 Å². The van der Waals surface area contributed by atoms with Crippen LogP contribution in [-0.2, 0) is 9.59 Å². The zero-order valence-electron chi connectivity index (χ0n) is 11.3. The summed E-state index contributed by atoms with van der Waals surface area (Å²) in [6.45, 7) is 0. The Morgan fingerprint density at radius 1 is 0.611 bits per heavy atom. The van der Waals surface area contributed by atoms with E-state index in [0.717, 1.165) is 52.7 Å². The number of carboxylic acids is 2. The molecule has 0 spiro atoms. The molecule has 110 valence electrons. The van der Waals surface area contributed by atoms with Gasteiger partial charge in [0.2, 0.25) is 0 Å². The van der Waals surface area contributed by atoms with E-state index in [0.29, 0.717) is 0 Å². The first-order valence-corrected chi connectivity index (χ1v) is 5.96. The van der Waals surface area contributed by atoms with Gasteiger partial charge in [0.05, 0.1) is 0 Å². The van der Waals surface area contributed by atoms with E-state index in [4.69, 9.17) is 20.4 Å². The highest BCUT2D eigenvalue weighted by Crippen LogP contribution is 2.08. The lowest BCUT2D eigenvalue weighted by molar-refractivity contribution is -0.138. The highest BCUT2D eigenvalue weighted by molar-refractivity contribution is 5.66. The Balaban J connectivity index is -0.000000506. The molecule has 0 radical (unpaired) electrons. The van der Waals surface area contributed by atoms with Crippen molar-refractivity contribution in [3.05, 3.63) is 0 Å². The molecule has 0 fully saturated rings. The van der Waals surface area contributed by atoms with Gasteiger partial charge in [0.1, 0.15) is 0 Å². The molecule has 6 heteroatoms. The summed E-state index contributed by atoms with van der Waals surface area (Å²) in [5.41, 5.74) is 0. The van der Waals surface area contributed by atoms with Gasteiger partial charge in [-0.2, -0.15) is 0 Å². The van der Waals surface area contributed by atoms with Crippen LogP contribution in [-0.4, -0.2) is 46.6 Å². The summed E-state index contributed by atoms with van der Waals surface area (Å²) in [6.07, 6.45) is 5.82. The Morgan fingerprint density at radius 3 is 1.06 bits per heavy atom. The molecule has 0 aromatic carbocycles. The van der Waals surface area contributed by atoms with Crippen LogP contribution >= 0.6 is 0 Å². The first-order valence-electron chi connectivity index (χ1n) is 5.96. The molecule has 0 aromatic rings. The van der Waals surface area contributed by atoms with Gasteiger partial charge >= 0.3 is 11.9 Å². The second-order valence-electron chi connectivity index (χ2n) is 3.41.